The van der Waals surface area contributed by atoms with E-state index in [0.29, 0.717) is 14.8 Å². The molecular formula is C18H15NO4S3. The summed E-state index contributed by atoms with van der Waals surface area (Å²) in [7, 11) is -3.61. The third kappa shape index (κ3) is 4.32. The van der Waals surface area contributed by atoms with Crippen LogP contribution in [0.2, 0.25) is 0 Å². The van der Waals surface area contributed by atoms with Gasteiger partial charge in [0.1, 0.15) is 5.75 Å². The van der Waals surface area contributed by atoms with Crippen LogP contribution in [0.25, 0.3) is 6.08 Å². The first-order chi connectivity index (χ1) is 12.2. The minimum absolute atomic E-state index is 0.190. The third-order valence-electron chi connectivity index (χ3n) is 3.46. The van der Waals surface area contributed by atoms with Crippen molar-refractivity contribution in [3.8, 4) is 5.75 Å². The Labute approximate surface area is 161 Å². The molecule has 1 saturated heterocycles. The molecule has 1 aliphatic heterocycles. The number of thioether (sulfide) groups is 1. The lowest BCUT2D eigenvalue weighted by atomic mass is 10.2. The molecule has 0 aromatic heterocycles. The topological polar surface area (TPSA) is 63.7 Å². The molecule has 8 heteroatoms. The summed E-state index contributed by atoms with van der Waals surface area (Å²) in [5, 5.41) is 0. The second-order valence-electron chi connectivity index (χ2n) is 5.72. The van der Waals surface area contributed by atoms with Gasteiger partial charge in [-0.3, -0.25) is 9.69 Å². The molecule has 0 atom stereocenters. The van der Waals surface area contributed by atoms with Gasteiger partial charge in [0.05, 0.1) is 16.8 Å². The molecule has 1 aliphatic rings. The summed E-state index contributed by atoms with van der Waals surface area (Å²) < 4.78 is 27.8. The molecule has 0 radical (unpaired) electrons. The predicted molar refractivity (Wildman–Crippen MR) is 109 cm³/mol. The van der Waals surface area contributed by atoms with Crippen molar-refractivity contribution in [3.63, 3.8) is 0 Å². The normalized spacial score (nSPS) is 16.4. The summed E-state index contributed by atoms with van der Waals surface area (Å²) in [6, 6.07) is 14.1. The van der Waals surface area contributed by atoms with Gasteiger partial charge in [-0.1, -0.05) is 48.2 Å². The lowest BCUT2D eigenvalue weighted by Gasteiger charge is -2.14. The van der Waals surface area contributed by atoms with Gasteiger partial charge in [-0.15, -0.1) is 0 Å². The number of rotatable bonds is 4. The number of carbonyl (C=O) groups is 1. The molecule has 2 aromatic carbocycles. The fourth-order valence-electron chi connectivity index (χ4n) is 2.44. The first kappa shape index (κ1) is 18.6. The van der Waals surface area contributed by atoms with E-state index >= 15 is 0 Å². The number of aryl methyl sites for hydroxylation is 1. The van der Waals surface area contributed by atoms with Crippen molar-refractivity contribution in [2.75, 3.05) is 11.2 Å². The molecule has 0 N–H and O–H groups in total. The van der Waals surface area contributed by atoms with Crippen LogP contribution in [0.1, 0.15) is 11.1 Å². The number of anilines is 1. The van der Waals surface area contributed by atoms with Crippen LogP contribution >= 0.6 is 24.0 Å². The van der Waals surface area contributed by atoms with Crippen LogP contribution in [0, 0.1) is 6.92 Å². The van der Waals surface area contributed by atoms with Gasteiger partial charge < -0.3 is 4.18 Å². The van der Waals surface area contributed by atoms with Gasteiger partial charge in [-0.2, -0.15) is 8.42 Å². The van der Waals surface area contributed by atoms with E-state index in [-0.39, 0.29) is 11.7 Å². The smallest absolute Gasteiger partial charge is 0.306 e. The molecule has 2 aromatic rings. The summed E-state index contributed by atoms with van der Waals surface area (Å²) in [4.78, 5) is 14.7. The Morgan fingerprint density at radius 1 is 1.15 bits per heavy atom. The van der Waals surface area contributed by atoms with Crippen molar-refractivity contribution < 1.29 is 17.4 Å². The third-order valence-corrected chi connectivity index (χ3v) is 5.25. The molecule has 3 rings (SSSR count). The van der Waals surface area contributed by atoms with Gasteiger partial charge in [0.2, 0.25) is 0 Å². The van der Waals surface area contributed by atoms with Crippen molar-refractivity contribution in [2.24, 2.45) is 0 Å². The Balaban J connectivity index is 1.90. The largest absolute Gasteiger partial charge is 0.383 e. The van der Waals surface area contributed by atoms with Crippen LogP contribution in [0.3, 0.4) is 0 Å². The Hall–Kier alpha value is -2.16. The number of nitrogens with zero attached hydrogens (tertiary/aromatic N) is 1. The maximum atomic E-state index is 12.8. The van der Waals surface area contributed by atoms with E-state index < -0.39 is 10.1 Å². The SMILES string of the molecule is Cc1cccc(N2C(=O)/C(=C/c3cccc(OS(C)(=O)=O)c3)SC2=S)c1. The van der Waals surface area contributed by atoms with Crippen molar-refractivity contribution in [3.05, 3.63) is 64.6 Å². The summed E-state index contributed by atoms with van der Waals surface area (Å²) in [5.41, 5.74) is 2.41. The maximum absolute atomic E-state index is 12.8. The first-order valence-electron chi connectivity index (χ1n) is 7.57. The summed E-state index contributed by atoms with van der Waals surface area (Å²) in [6.07, 6.45) is 2.65. The number of hydrogen-bond donors (Lipinski definition) is 0. The van der Waals surface area contributed by atoms with Gasteiger partial charge in [-0.05, 0) is 48.4 Å². The fraction of sp³-hybridized carbons (Fsp3) is 0.111. The average molecular weight is 406 g/mol. The van der Waals surface area contributed by atoms with Crippen LogP contribution in [0.15, 0.2) is 53.4 Å². The average Bonchev–Trinajstić information content (AvgIpc) is 2.80. The van der Waals surface area contributed by atoms with Crippen molar-refractivity contribution in [1.29, 1.82) is 0 Å². The summed E-state index contributed by atoms with van der Waals surface area (Å²) in [6.45, 7) is 1.95. The summed E-state index contributed by atoms with van der Waals surface area (Å²) in [5.74, 6) is -0.0181. The van der Waals surface area contributed by atoms with Crippen LogP contribution in [0.4, 0.5) is 5.69 Å². The zero-order chi connectivity index (χ0) is 18.9. The Bertz CT molecular complexity index is 1030. The molecule has 5 nitrogen and oxygen atoms in total. The maximum Gasteiger partial charge on any atom is 0.306 e. The van der Waals surface area contributed by atoms with E-state index in [0.717, 1.165) is 17.5 Å². The van der Waals surface area contributed by atoms with Crippen LogP contribution in [-0.2, 0) is 14.9 Å². The van der Waals surface area contributed by atoms with E-state index in [1.807, 2.05) is 31.2 Å². The number of hydrogen-bond acceptors (Lipinski definition) is 6. The number of carbonyl (C=O) groups excluding carboxylic acids is 1. The Morgan fingerprint density at radius 3 is 2.58 bits per heavy atom. The molecular weight excluding hydrogens is 390 g/mol. The molecule has 1 heterocycles. The van der Waals surface area contributed by atoms with Gasteiger partial charge in [-0.25, -0.2) is 0 Å². The van der Waals surface area contributed by atoms with Crippen molar-refractivity contribution in [2.45, 2.75) is 6.92 Å². The van der Waals surface area contributed by atoms with Gasteiger partial charge in [0, 0.05) is 0 Å². The number of thiocarbonyl (C=S) groups is 1. The minimum Gasteiger partial charge on any atom is -0.383 e. The highest BCUT2D eigenvalue weighted by Gasteiger charge is 2.33. The van der Waals surface area contributed by atoms with Crippen LogP contribution in [0.5, 0.6) is 5.75 Å². The monoisotopic (exact) mass is 405 g/mol. The number of amides is 1. The molecule has 134 valence electrons. The van der Waals surface area contributed by atoms with Gasteiger partial charge in [0.15, 0.2) is 4.32 Å². The van der Waals surface area contributed by atoms with Gasteiger partial charge >= 0.3 is 10.1 Å². The zero-order valence-electron chi connectivity index (χ0n) is 14.0. The molecule has 0 saturated carbocycles. The highest BCUT2D eigenvalue weighted by molar-refractivity contribution is 8.27. The Morgan fingerprint density at radius 2 is 1.88 bits per heavy atom. The fourth-order valence-corrected chi connectivity index (χ4v) is 4.19. The summed E-state index contributed by atoms with van der Waals surface area (Å²) >= 11 is 6.56. The number of benzene rings is 2. The highest BCUT2D eigenvalue weighted by atomic mass is 32.2. The van der Waals surface area contributed by atoms with E-state index in [2.05, 4.69) is 0 Å². The highest BCUT2D eigenvalue weighted by Crippen LogP contribution is 2.36. The molecule has 0 spiro atoms. The molecule has 1 fully saturated rings. The van der Waals surface area contributed by atoms with Gasteiger partial charge in [0.25, 0.3) is 5.91 Å². The molecule has 0 aliphatic carbocycles. The predicted octanol–water partition coefficient (Wildman–Crippen LogP) is 3.74. The molecule has 26 heavy (non-hydrogen) atoms. The van der Waals surface area contributed by atoms with Crippen LogP contribution < -0.4 is 9.08 Å². The van der Waals surface area contributed by atoms with Crippen molar-refractivity contribution >= 4 is 56.1 Å². The second kappa shape index (κ2) is 7.22. The van der Waals surface area contributed by atoms with E-state index in [9.17, 15) is 13.2 Å². The molecule has 0 unspecified atom stereocenters. The van der Waals surface area contributed by atoms with E-state index in [4.69, 9.17) is 16.4 Å². The zero-order valence-corrected chi connectivity index (χ0v) is 16.5. The first-order valence-corrected chi connectivity index (χ1v) is 10.6. The lowest BCUT2D eigenvalue weighted by Crippen LogP contribution is -2.27. The van der Waals surface area contributed by atoms with Crippen LogP contribution in [-0.4, -0.2) is 24.9 Å². The lowest BCUT2D eigenvalue weighted by molar-refractivity contribution is -0.113. The second-order valence-corrected chi connectivity index (χ2v) is 8.97. The molecule has 1 amide bonds. The van der Waals surface area contributed by atoms with Crippen molar-refractivity contribution in [1.82, 2.24) is 0 Å². The Kier molecular flexibility index (Phi) is 5.17. The quantitative estimate of drug-likeness (QED) is 0.439. The molecule has 0 bridgehead atoms. The minimum atomic E-state index is -3.61. The standard InChI is InChI=1S/C18H15NO4S3/c1-12-5-3-7-14(9-12)19-17(20)16(25-18(19)24)11-13-6-4-8-15(10-13)23-26(2,21)22/h3-11H,1-2H3/b16-11-. The van der Waals surface area contributed by atoms with E-state index in [1.54, 1.807) is 24.3 Å². The van der Waals surface area contributed by atoms with E-state index in [1.165, 1.54) is 22.7 Å².